The summed E-state index contributed by atoms with van der Waals surface area (Å²) >= 11 is 0. The molecule has 2 rings (SSSR count). The van der Waals surface area contributed by atoms with E-state index >= 15 is 0 Å². The third-order valence-electron chi connectivity index (χ3n) is 3.66. The number of likely N-dealkylation sites (N-methyl/N-ethyl adjacent to an activating group) is 1. The third-order valence-corrected chi connectivity index (χ3v) is 3.66. The van der Waals surface area contributed by atoms with E-state index in [1.165, 1.54) is 30.3 Å². The maximum atomic E-state index is 13.4. The highest BCUT2D eigenvalue weighted by Crippen LogP contribution is 2.21. The molecule has 1 unspecified atom stereocenters. The van der Waals surface area contributed by atoms with Crippen LogP contribution in [-0.2, 0) is 0 Å². The molecule has 1 N–H and O–H groups in total. The number of amides is 1. The van der Waals surface area contributed by atoms with Crippen molar-refractivity contribution < 1.29 is 22.7 Å². The minimum Gasteiger partial charge on any atom is -0.434 e. The van der Waals surface area contributed by atoms with Crippen molar-refractivity contribution >= 4 is 5.91 Å². The maximum absolute atomic E-state index is 13.4. The highest BCUT2D eigenvalue weighted by Gasteiger charge is 2.19. The molecule has 2 aromatic carbocycles. The number of para-hydroxylation sites is 1. The number of hydrogen-bond donors (Lipinski definition) is 1. The Balaban J connectivity index is 2.12. The fraction of sp³-hybridized carbons (Fsp3) is 0.278. The van der Waals surface area contributed by atoms with Crippen LogP contribution in [0, 0.1) is 5.82 Å². The van der Waals surface area contributed by atoms with Gasteiger partial charge in [0.25, 0.3) is 5.91 Å². The Kier molecular flexibility index (Phi) is 6.41. The number of benzene rings is 2. The van der Waals surface area contributed by atoms with Gasteiger partial charge in [0.15, 0.2) is 0 Å². The number of ether oxygens (including phenoxy) is 1. The topological polar surface area (TPSA) is 41.6 Å². The first-order chi connectivity index (χ1) is 11.9. The summed E-state index contributed by atoms with van der Waals surface area (Å²) in [5, 5.41) is 2.68. The lowest BCUT2D eigenvalue weighted by atomic mass is 10.1. The summed E-state index contributed by atoms with van der Waals surface area (Å²) in [6.07, 6.45) is 0. The van der Waals surface area contributed by atoms with Gasteiger partial charge in [0.1, 0.15) is 11.6 Å². The van der Waals surface area contributed by atoms with Crippen molar-refractivity contribution in [2.75, 3.05) is 20.6 Å². The molecule has 4 nitrogen and oxygen atoms in total. The number of nitrogens with zero attached hydrogens (tertiary/aromatic N) is 1. The van der Waals surface area contributed by atoms with Gasteiger partial charge in [-0.3, -0.25) is 4.79 Å². The Morgan fingerprint density at radius 1 is 1.16 bits per heavy atom. The predicted octanol–water partition coefficient (Wildman–Crippen LogP) is 3.46. The molecular weight excluding hydrogens is 333 g/mol. The molecule has 0 saturated carbocycles. The normalized spacial score (nSPS) is 12.3. The van der Waals surface area contributed by atoms with Crippen LogP contribution in [0.4, 0.5) is 13.2 Å². The van der Waals surface area contributed by atoms with E-state index in [0.717, 1.165) is 0 Å². The van der Waals surface area contributed by atoms with Crippen molar-refractivity contribution in [3.05, 3.63) is 65.5 Å². The molecule has 7 heteroatoms. The predicted molar refractivity (Wildman–Crippen MR) is 88.2 cm³/mol. The lowest BCUT2D eigenvalue weighted by molar-refractivity contribution is -0.0501. The molecule has 25 heavy (non-hydrogen) atoms. The summed E-state index contributed by atoms with van der Waals surface area (Å²) in [7, 11) is 3.60. The van der Waals surface area contributed by atoms with E-state index < -0.39 is 12.5 Å². The number of alkyl halides is 2. The fourth-order valence-electron chi connectivity index (χ4n) is 2.45. The zero-order valence-electron chi connectivity index (χ0n) is 13.9. The number of carbonyl (C=O) groups excluding carboxylic acids is 1. The zero-order chi connectivity index (χ0) is 18.4. The van der Waals surface area contributed by atoms with Crippen LogP contribution in [-0.4, -0.2) is 38.1 Å². The largest absolute Gasteiger partial charge is 0.434 e. The summed E-state index contributed by atoms with van der Waals surface area (Å²) in [4.78, 5) is 14.2. The smallest absolute Gasteiger partial charge is 0.387 e. The molecule has 0 spiro atoms. The minimum absolute atomic E-state index is 0.0135. The van der Waals surface area contributed by atoms with Gasteiger partial charge in [0.2, 0.25) is 0 Å². The van der Waals surface area contributed by atoms with Gasteiger partial charge in [-0.15, -0.1) is 0 Å². The SMILES string of the molecule is CN(C)C(CNC(=O)c1ccccc1OC(F)F)c1cccc(F)c1. The van der Waals surface area contributed by atoms with Crippen LogP contribution < -0.4 is 10.1 Å². The molecule has 0 fully saturated rings. The van der Waals surface area contributed by atoms with Crippen molar-refractivity contribution in [1.82, 2.24) is 10.2 Å². The fourth-order valence-corrected chi connectivity index (χ4v) is 2.45. The minimum atomic E-state index is -3.02. The Labute approximate surface area is 144 Å². The van der Waals surface area contributed by atoms with Crippen LogP contribution in [0.5, 0.6) is 5.75 Å². The van der Waals surface area contributed by atoms with Gasteiger partial charge in [0, 0.05) is 6.54 Å². The molecule has 134 valence electrons. The average Bonchev–Trinajstić information content (AvgIpc) is 2.54. The molecule has 0 aromatic heterocycles. The van der Waals surface area contributed by atoms with E-state index in [2.05, 4.69) is 10.1 Å². The standard InChI is InChI=1S/C18H19F3N2O2/c1-23(2)15(12-6-5-7-13(19)10-12)11-22-17(24)14-8-3-4-9-16(14)25-18(20)21/h3-10,15,18H,11H2,1-2H3,(H,22,24). The van der Waals surface area contributed by atoms with Gasteiger partial charge in [-0.2, -0.15) is 8.78 Å². The second-order valence-corrected chi connectivity index (χ2v) is 5.62. The zero-order valence-corrected chi connectivity index (χ0v) is 13.9. The molecule has 2 aromatic rings. The Bertz CT molecular complexity index is 723. The first kappa shape index (κ1) is 18.8. The highest BCUT2D eigenvalue weighted by atomic mass is 19.3. The van der Waals surface area contributed by atoms with Gasteiger partial charge in [-0.05, 0) is 43.9 Å². The first-order valence-corrected chi connectivity index (χ1v) is 7.62. The molecule has 0 heterocycles. The number of nitrogens with one attached hydrogen (secondary N) is 1. The van der Waals surface area contributed by atoms with E-state index in [0.29, 0.717) is 5.56 Å². The summed E-state index contributed by atoms with van der Waals surface area (Å²) in [5.74, 6) is -1.10. The van der Waals surface area contributed by atoms with Gasteiger partial charge in [-0.25, -0.2) is 4.39 Å². The lowest BCUT2D eigenvalue weighted by Gasteiger charge is -2.25. The van der Waals surface area contributed by atoms with Crippen LogP contribution >= 0.6 is 0 Å². The molecular formula is C18H19F3N2O2. The van der Waals surface area contributed by atoms with Crippen LogP contribution in [0.15, 0.2) is 48.5 Å². The molecule has 0 saturated heterocycles. The number of carbonyl (C=O) groups is 1. The Morgan fingerprint density at radius 2 is 1.88 bits per heavy atom. The van der Waals surface area contributed by atoms with Crippen molar-refractivity contribution in [2.24, 2.45) is 0 Å². The average molecular weight is 352 g/mol. The molecule has 0 bridgehead atoms. The summed E-state index contributed by atoms with van der Waals surface area (Å²) < 4.78 is 42.7. The highest BCUT2D eigenvalue weighted by molar-refractivity contribution is 5.96. The monoisotopic (exact) mass is 352 g/mol. The van der Waals surface area contributed by atoms with E-state index in [4.69, 9.17) is 0 Å². The maximum Gasteiger partial charge on any atom is 0.387 e. The Hall–Kier alpha value is -2.54. The summed E-state index contributed by atoms with van der Waals surface area (Å²) in [5.41, 5.74) is 0.710. The van der Waals surface area contributed by atoms with Crippen molar-refractivity contribution in [3.63, 3.8) is 0 Å². The van der Waals surface area contributed by atoms with Gasteiger partial charge in [-0.1, -0.05) is 24.3 Å². The van der Waals surface area contributed by atoms with Crippen molar-refractivity contribution in [2.45, 2.75) is 12.7 Å². The second-order valence-electron chi connectivity index (χ2n) is 5.62. The van der Waals surface area contributed by atoms with Gasteiger partial charge in [0.05, 0.1) is 11.6 Å². The molecule has 0 aliphatic heterocycles. The number of hydrogen-bond acceptors (Lipinski definition) is 3. The lowest BCUT2D eigenvalue weighted by Crippen LogP contribution is -2.34. The van der Waals surface area contributed by atoms with E-state index in [1.54, 1.807) is 32.3 Å². The van der Waals surface area contributed by atoms with Gasteiger partial charge >= 0.3 is 6.61 Å². The molecule has 1 amide bonds. The van der Waals surface area contributed by atoms with Crippen LogP contribution in [0.3, 0.4) is 0 Å². The molecule has 0 aliphatic carbocycles. The quantitative estimate of drug-likeness (QED) is 0.830. The van der Waals surface area contributed by atoms with E-state index in [9.17, 15) is 18.0 Å². The second kappa shape index (κ2) is 8.53. The molecule has 0 radical (unpaired) electrons. The van der Waals surface area contributed by atoms with Crippen LogP contribution in [0.25, 0.3) is 0 Å². The summed E-state index contributed by atoms with van der Waals surface area (Å²) in [6.45, 7) is -2.84. The number of rotatable bonds is 7. The molecule has 0 aliphatic rings. The van der Waals surface area contributed by atoms with E-state index in [1.807, 2.05) is 4.90 Å². The third kappa shape index (κ3) is 5.22. The van der Waals surface area contributed by atoms with Crippen molar-refractivity contribution in [1.29, 1.82) is 0 Å². The Morgan fingerprint density at radius 3 is 2.52 bits per heavy atom. The first-order valence-electron chi connectivity index (χ1n) is 7.62. The molecule has 1 atom stereocenters. The van der Waals surface area contributed by atoms with Crippen LogP contribution in [0.2, 0.25) is 0 Å². The van der Waals surface area contributed by atoms with E-state index in [-0.39, 0.29) is 29.7 Å². The van der Waals surface area contributed by atoms with Gasteiger partial charge < -0.3 is 15.0 Å². The van der Waals surface area contributed by atoms with Crippen LogP contribution in [0.1, 0.15) is 22.0 Å². The van der Waals surface area contributed by atoms with Crippen molar-refractivity contribution in [3.8, 4) is 5.75 Å². The summed E-state index contributed by atoms with van der Waals surface area (Å²) in [6, 6.07) is 11.6. The number of halogens is 3.